The maximum atomic E-state index is 13.0. The summed E-state index contributed by atoms with van der Waals surface area (Å²) in [6.45, 7) is 0. The Bertz CT molecular complexity index is 402. The summed E-state index contributed by atoms with van der Waals surface area (Å²) in [6.07, 6.45) is 1.58. The van der Waals surface area contributed by atoms with Crippen LogP contribution in [0.4, 0.5) is 4.39 Å². The molecule has 1 aromatic heterocycles. The molecule has 0 aromatic carbocycles. The minimum atomic E-state index is -0.814. The van der Waals surface area contributed by atoms with Crippen LogP contribution in [0.1, 0.15) is 31.0 Å². The average molecular weight is 249 g/mol. The first-order valence-electron chi connectivity index (χ1n) is 4.48. The fourth-order valence-electron chi connectivity index (χ4n) is 1.63. The number of hydrogen-bond donors (Lipinski definition) is 0. The first-order chi connectivity index (χ1) is 7.08. The van der Waals surface area contributed by atoms with Crippen molar-refractivity contribution in [3.05, 3.63) is 21.9 Å². The molecule has 2 rings (SSSR count). The molecule has 0 N–H and O–H groups in total. The molecule has 15 heavy (non-hydrogen) atoms. The van der Waals surface area contributed by atoms with E-state index in [0.29, 0.717) is 25.1 Å². The molecule has 3 nitrogen and oxygen atoms in total. The third kappa shape index (κ3) is 2.11. The quantitative estimate of drug-likeness (QED) is 0.718. The topological polar surface area (TPSA) is 42.9 Å². The summed E-state index contributed by atoms with van der Waals surface area (Å²) in [4.78, 5) is 18.7. The number of carbonyl (C=O) groups is 1. The smallest absolute Gasteiger partial charge is 0.197 e. The van der Waals surface area contributed by atoms with Gasteiger partial charge in [-0.25, -0.2) is 14.4 Å². The zero-order chi connectivity index (χ0) is 11.0. The SMILES string of the molecule is O=C1CC[C@H](c2nc(Cl)c(F)c(Cl)n2)C1. The molecule has 1 aliphatic rings. The van der Waals surface area contributed by atoms with Crippen molar-refractivity contribution in [3.8, 4) is 0 Å². The molecule has 0 spiro atoms. The second kappa shape index (κ2) is 4.02. The second-order valence-corrected chi connectivity index (χ2v) is 4.17. The Morgan fingerprint density at radius 2 is 1.87 bits per heavy atom. The molecule has 1 saturated carbocycles. The van der Waals surface area contributed by atoms with E-state index >= 15 is 0 Å². The van der Waals surface area contributed by atoms with E-state index in [1.54, 1.807) is 0 Å². The summed E-state index contributed by atoms with van der Waals surface area (Å²) < 4.78 is 13.0. The Hall–Kier alpha value is -0.740. The van der Waals surface area contributed by atoms with E-state index in [0.717, 1.165) is 0 Å². The van der Waals surface area contributed by atoms with Crippen LogP contribution in [0.5, 0.6) is 0 Å². The van der Waals surface area contributed by atoms with Crippen LogP contribution in [0.2, 0.25) is 10.3 Å². The monoisotopic (exact) mass is 248 g/mol. The Kier molecular flexibility index (Phi) is 2.89. The Labute approximate surface area is 95.6 Å². The van der Waals surface area contributed by atoms with Crippen molar-refractivity contribution in [2.75, 3.05) is 0 Å². The molecule has 1 atom stereocenters. The molecule has 0 aliphatic heterocycles. The Morgan fingerprint density at radius 3 is 2.33 bits per heavy atom. The van der Waals surface area contributed by atoms with Gasteiger partial charge in [-0.05, 0) is 6.42 Å². The highest BCUT2D eigenvalue weighted by Crippen LogP contribution is 2.32. The predicted octanol–water partition coefficient (Wildman–Crippen LogP) is 2.76. The van der Waals surface area contributed by atoms with Crippen LogP contribution in [0, 0.1) is 5.82 Å². The molecule has 80 valence electrons. The first kappa shape index (κ1) is 10.8. The zero-order valence-electron chi connectivity index (χ0n) is 7.64. The molecule has 1 fully saturated rings. The molecule has 1 heterocycles. The first-order valence-corrected chi connectivity index (χ1v) is 5.23. The minimum absolute atomic E-state index is 0.0758. The van der Waals surface area contributed by atoms with Crippen molar-refractivity contribution in [2.45, 2.75) is 25.2 Å². The van der Waals surface area contributed by atoms with E-state index in [2.05, 4.69) is 9.97 Å². The highest BCUT2D eigenvalue weighted by atomic mass is 35.5. The predicted molar refractivity (Wildman–Crippen MR) is 53.6 cm³/mol. The summed E-state index contributed by atoms with van der Waals surface area (Å²) in [5, 5.41) is -0.575. The molecule has 0 radical (unpaired) electrons. The average Bonchev–Trinajstić information content (AvgIpc) is 2.60. The molecule has 0 amide bonds. The van der Waals surface area contributed by atoms with Gasteiger partial charge in [0.05, 0.1) is 0 Å². The van der Waals surface area contributed by atoms with Gasteiger partial charge in [-0.1, -0.05) is 23.2 Å². The highest BCUT2D eigenvalue weighted by molar-refractivity contribution is 6.33. The maximum absolute atomic E-state index is 13.0. The van der Waals surface area contributed by atoms with Crippen LogP contribution in [-0.2, 0) is 4.79 Å². The number of nitrogens with zero attached hydrogens (tertiary/aromatic N) is 2. The lowest BCUT2D eigenvalue weighted by Gasteiger charge is -2.07. The van der Waals surface area contributed by atoms with Gasteiger partial charge in [-0.3, -0.25) is 4.79 Å². The largest absolute Gasteiger partial charge is 0.300 e. The standard InChI is InChI=1S/C9H7Cl2FN2O/c10-7-6(12)8(11)14-9(13-7)4-1-2-5(15)3-4/h4H,1-3H2/t4-/m0/s1. The number of rotatable bonds is 1. The van der Waals surface area contributed by atoms with Crippen molar-refractivity contribution in [1.29, 1.82) is 0 Å². The van der Waals surface area contributed by atoms with Crippen LogP contribution in [-0.4, -0.2) is 15.8 Å². The number of aromatic nitrogens is 2. The third-order valence-corrected chi connectivity index (χ3v) is 2.90. The molecule has 0 unspecified atom stereocenters. The summed E-state index contributed by atoms with van der Waals surface area (Å²) in [5.41, 5.74) is 0. The molecule has 0 saturated heterocycles. The van der Waals surface area contributed by atoms with Crippen LogP contribution in [0.25, 0.3) is 0 Å². The lowest BCUT2D eigenvalue weighted by molar-refractivity contribution is -0.117. The van der Waals surface area contributed by atoms with Gasteiger partial charge >= 0.3 is 0 Å². The lowest BCUT2D eigenvalue weighted by atomic mass is 10.1. The zero-order valence-corrected chi connectivity index (χ0v) is 9.15. The molecular formula is C9H7Cl2FN2O. The van der Waals surface area contributed by atoms with E-state index in [9.17, 15) is 9.18 Å². The number of hydrogen-bond acceptors (Lipinski definition) is 3. The summed E-state index contributed by atoms with van der Waals surface area (Å²) in [6, 6.07) is 0. The number of halogens is 3. The number of ketones is 1. The normalized spacial score (nSPS) is 21.0. The van der Waals surface area contributed by atoms with Crippen LogP contribution in [0.3, 0.4) is 0 Å². The molecule has 6 heteroatoms. The lowest BCUT2D eigenvalue weighted by Crippen LogP contribution is -2.04. The van der Waals surface area contributed by atoms with Gasteiger partial charge in [0.15, 0.2) is 16.1 Å². The fraction of sp³-hybridized carbons (Fsp3) is 0.444. The van der Waals surface area contributed by atoms with Gasteiger partial charge in [0.2, 0.25) is 0 Å². The van der Waals surface area contributed by atoms with Gasteiger partial charge in [0, 0.05) is 18.8 Å². The van der Waals surface area contributed by atoms with Crippen molar-refractivity contribution in [3.63, 3.8) is 0 Å². The van der Waals surface area contributed by atoms with E-state index in [1.807, 2.05) is 0 Å². The van der Waals surface area contributed by atoms with Crippen LogP contribution < -0.4 is 0 Å². The minimum Gasteiger partial charge on any atom is -0.300 e. The summed E-state index contributed by atoms with van der Waals surface area (Å²) in [7, 11) is 0. The van der Waals surface area contributed by atoms with Gasteiger partial charge in [0.25, 0.3) is 0 Å². The van der Waals surface area contributed by atoms with E-state index in [1.165, 1.54) is 0 Å². The van der Waals surface area contributed by atoms with Gasteiger partial charge < -0.3 is 0 Å². The number of Topliss-reactive ketones (excluding diaryl/α,β-unsaturated/α-hetero) is 1. The Morgan fingerprint density at radius 1 is 1.27 bits per heavy atom. The molecule has 0 bridgehead atoms. The van der Waals surface area contributed by atoms with E-state index in [-0.39, 0.29) is 22.0 Å². The molecular weight excluding hydrogens is 242 g/mol. The van der Waals surface area contributed by atoms with E-state index in [4.69, 9.17) is 23.2 Å². The van der Waals surface area contributed by atoms with Crippen molar-refractivity contribution in [1.82, 2.24) is 9.97 Å². The molecule has 1 aromatic rings. The second-order valence-electron chi connectivity index (χ2n) is 3.46. The number of carbonyl (C=O) groups excluding carboxylic acids is 1. The van der Waals surface area contributed by atoms with Crippen LogP contribution in [0.15, 0.2) is 0 Å². The van der Waals surface area contributed by atoms with Crippen molar-refractivity contribution in [2.24, 2.45) is 0 Å². The van der Waals surface area contributed by atoms with Gasteiger partial charge in [0.1, 0.15) is 11.6 Å². The molecule has 1 aliphatic carbocycles. The van der Waals surface area contributed by atoms with Gasteiger partial charge in [-0.2, -0.15) is 0 Å². The maximum Gasteiger partial charge on any atom is 0.197 e. The van der Waals surface area contributed by atoms with Crippen molar-refractivity contribution >= 4 is 29.0 Å². The summed E-state index contributed by atoms with van der Waals surface area (Å²) >= 11 is 11.1. The van der Waals surface area contributed by atoms with Crippen molar-refractivity contribution < 1.29 is 9.18 Å². The highest BCUT2D eigenvalue weighted by Gasteiger charge is 2.27. The summed E-state index contributed by atoms with van der Waals surface area (Å²) in [5.74, 6) is -0.364. The Balaban J connectivity index is 2.33. The van der Waals surface area contributed by atoms with E-state index < -0.39 is 5.82 Å². The fourth-order valence-corrected chi connectivity index (χ4v) is 2.03. The third-order valence-electron chi connectivity index (χ3n) is 2.40. The van der Waals surface area contributed by atoms with Crippen LogP contribution >= 0.6 is 23.2 Å². The van der Waals surface area contributed by atoms with Gasteiger partial charge in [-0.15, -0.1) is 0 Å².